The highest BCUT2D eigenvalue weighted by atomic mass is 15.1. The molecule has 1 unspecified atom stereocenters. The van der Waals surface area contributed by atoms with E-state index < -0.39 is 5.41 Å². The number of hydrogen-bond acceptors (Lipinski definition) is 2. The number of para-hydroxylation sites is 3. The van der Waals surface area contributed by atoms with E-state index in [9.17, 15) is 0 Å². The van der Waals surface area contributed by atoms with Crippen LogP contribution in [0.2, 0.25) is 0 Å². The molecule has 1 aliphatic rings. The summed E-state index contributed by atoms with van der Waals surface area (Å²) in [5.41, 5.74) is 15.3. The Labute approximate surface area is 333 Å². The molecule has 0 amide bonds. The Balaban J connectivity index is 1.12. The van der Waals surface area contributed by atoms with Gasteiger partial charge in [-0.05, 0) is 76.6 Å². The Morgan fingerprint density at radius 1 is 0.596 bits per heavy atom. The molecular weight excluding hydrogens is 691 g/mol. The molecule has 3 nitrogen and oxygen atoms in total. The van der Waals surface area contributed by atoms with Gasteiger partial charge in [0.25, 0.3) is 0 Å². The zero-order chi connectivity index (χ0) is 38.5. The van der Waals surface area contributed by atoms with Crippen LogP contribution in [0.4, 0.5) is 0 Å². The second-order valence-electron chi connectivity index (χ2n) is 14.8. The normalized spacial score (nSPS) is 14.9. The molecule has 57 heavy (non-hydrogen) atoms. The summed E-state index contributed by atoms with van der Waals surface area (Å²) in [4.78, 5) is 10.3. The van der Waals surface area contributed by atoms with E-state index in [-0.39, 0.29) is 0 Å². The maximum Gasteiger partial charge on any atom is 0.141 e. The first-order valence-corrected chi connectivity index (χ1v) is 19.8. The summed E-state index contributed by atoms with van der Waals surface area (Å²) in [5, 5.41) is 3.51. The lowest BCUT2D eigenvalue weighted by Gasteiger charge is -2.34. The average Bonchev–Trinajstić information content (AvgIpc) is 3.81. The Kier molecular flexibility index (Phi) is 8.38. The number of pyridine rings is 1. The van der Waals surface area contributed by atoms with E-state index in [1.54, 1.807) is 0 Å². The molecule has 0 bridgehead atoms. The minimum absolute atomic E-state index is 0.565. The summed E-state index contributed by atoms with van der Waals surface area (Å²) < 4.78 is 2.29. The number of fused-ring (bicyclic) bond motifs is 8. The van der Waals surface area contributed by atoms with Crippen molar-refractivity contribution in [2.45, 2.75) is 25.8 Å². The Hall–Kier alpha value is -7.10. The highest BCUT2D eigenvalue weighted by Gasteiger charge is 2.46. The van der Waals surface area contributed by atoms with Crippen LogP contribution in [0.5, 0.6) is 0 Å². The average molecular weight is 732 g/mol. The number of benzene rings is 7. The smallest absolute Gasteiger partial charge is 0.141 e. The number of rotatable bonds is 8. The third-order valence-corrected chi connectivity index (χ3v) is 11.8. The first kappa shape index (κ1) is 34.4. The van der Waals surface area contributed by atoms with Gasteiger partial charge >= 0.3 is 0 Å². The highest BCUT2D eigenvalue weighted by molar-refractivity contribution is 6.19. The molecule has 1 aliphatic carbocycles. The number of nitrogens with zero attached hydrogens (tertiary/aromatic N) is 3. The molecule has 272 valence electrons. The molecule has 9 aromatic rings. The van der Waals surface area contributed by atoms with E-state index in [1.807, 2.05) is 13.0 Å². The molecule has 0 radical (unpaired) electrons. The van der Waals surface area contributed by atoms with Crippen LogP contribution in [-0.2, 0) is 12.0 Å². The monoisotopic (exact) mass is 731 g/mol. The van der Waals surface area contributed by atoms with Gasteiger partial charge in [-0.3, -0.25) is 0 Å². The molecule has 2 aromatic heterocycles. The second kappa shape index (κ2) is 13.9. The molecule has 0 aliphatic heterocycles. The van der Waals surface area contributed by atoms with Crippen LogP contribution in [-0.4, -0.2) is 14.5 Å². The van der Waals surface area contributed by atoms with Gasteiger partial charge in [0.1, 0.15) is 5.82 Å². The standard InChI is InChI=1S/C54H41N3/c1-4-6-8-17-36(3)54(41-18-9-7-10-19-41)45-22-13-11-20-42(45)51-46(54)35-34-44-50(51)43-21-12-14-23-47(43)55-52(44)39-30-26-37(27-31-39)38-28-32-40(33-29-38)53-56-48-24-15-16-25-49(48)57(53)5-2/h4,6-35H,3,5H2,1-2H3/b6-4-,17-8-. The number of hydrogen-bond donors (Lipinski definition) is 0. The molecule has 0 fully saturated rings. The van der Waals surface area contributed by atoms with Crippen LogP contribution < -0.4 is 0 Å². The van der Waals surface area contributed by atoms with E-state index >= 15 is 0 Å². The van der Waals surface area contributed by atoms with Gasteiger partial charge < -0.3 is 4.57 Å². The summed E-state index contributed by atoms with van der Waals surface area (Å²) in [7, 11) is 0. The summed E-state index contributed by atoms with van der Waals surface area (Å²) in [6, 6.07) is 59.0. The van der Waals surface area contributed by atoms with Crippen LogP contribution >= 0.6 is 0 Å². The topological polar surface area (TPSA) is 30.7 Å². The van der Waals surface area contributed by atoms with Crippen LogP contribution in [0.1, 0.15) is 30.5 Å². The van der Waals surface area contributed by atoms with Gasteiger partial charge in [0.15, 0.2) is 0 Å². The lowest BCUT2D eigenvalue weighted by atomic mass is 9.67. The Bertz CT molecular complexity index is 3060. The predicted molar refractivity (Wildman–Crippen MR) is 239 cm³/mol. The zero-order valence-corrected chi connectivity index (χ0v) is 32.2. The first-order valence-electron chi connectivity index (χ1n) is 19.8. The van der Waals surface area contributed by atoms with Gasteiger partial charge in [-0.1, -0.05) is 176 Å². The van der Waals surface area contributed by atoms with Crippen LogP contribution in [0.25, 0.3) is 77.6 Å². The van der Waals surface area contributed by atoms with Gasteiger partial charge in [-0.15, -0.1) is 0 Å². The van der Waals surface area contributed by atoms with Gasteiger partial charge in [0.05, 0.1) is 27.7 Å². The van der Waals surface area contributed by atoms with E-state index in [0.29, 0.717) is 0 Å². The van der Waals surface area contributed by atoms with Crippen molar-refractivity contribution >= 4 is 32.7 Å². The fourth-order valence-electron chi connectivity index (χ4n) is 9.22. The molecule has 3 heteroatoms. The lowest BCUT2D eigenvalue weighted by Crippen LogP contribution is -2.28. The molecule has 0 N–H and O–H groups in total. The fraction of sp³-hybridized carbons (Fsp3) is 0.0741. The molecule has 0 spiro atoms. The maximum absolute atomic E-state index is 5.37. The number of imidazole rings is 1. The molecule has 0 saturated heterocycles. The van der Waals surface area contributed by atoms with Crippen molar-refractivity contribution in [1.29, 1.82) is 0 Å². The summed E-state index contributed by atoms with van der Waals surface area (Å²) >= 11 is 0. The predicted octanol–water partition coefficient (Wildman–Crippen LogP) is 13.8. The van der Waals surface area contributed by atoms with Crippen molar-refractivity contribution in [3.05, 3.63) is 217 Å². The van der Waals surface area contributed by atoms with Gasteiger partial charge in [0, 0.05) is 33.8 Å². The maximum atomic E-state index is 5.37. The third kappa shape index (κ3) is 5.34. The Morgan fingerprint density at radius 2 is 1.25 bits per heavy atom. The summed E-state index contributed by atoms with van der Waals surface area (Å²) in [5.74, 6) is 0.999. The molecular formula is C54H41N3. The molecule has 7 aromatic carbocycles. The summed E-state index contributed by atoms with van der Waals surface area (Å²) in [6.07, 6.45) is 8.41. The van der Waals surface area contributed by atoms with Crippen molar-refractivity contribution in [2.75, 3.05) is 0 Å². The van der Waals surface area contributed by atoms with Crippen molar-refractivity contribution in [3.8, 4) is 44.9 Å². The molecule has 2 heterocycles. The number of allylic oxidation sites excluding steroid dienone is 5. The lowest BCUT2D eigenvalue weighted by molar-refractivity contribution is 0.771. The highest BCUT2D eigenvalue weighted by Crippen LogP contribution is 2.59. The molecule has 10 rings (SSSR count). The van der Waals surface area contributed by atoms with Gasteiger partial charge in [-0.25, -0.2) is 9.97 Å². The molecule has 0 saturated carbocycles. The van der Waals surface area contributed by atoms with Crippen molar-refractivity contribution < 1.29 is 0 Å². The van der Waals surface area contributed by atoms with E-state index in [2.05, 4.69) is 194 Å². The number of aromatic nitrogens is 3. The van der Waals surface area contributed by atoms with E-state index in [1.165, 1.54) is 33.2 Å². The van der Waals surface area contributed by atoms with Crippen LogP contribution in [0.15, 0.2) is 200 Å². The summed E-state index contributed by atoms with van der Waals surface area (Å²) in [6.45, 7) is 9.88. The van der Waals surface area contributed by atoms with Crippen molar-refractivity contribution in [2.24, 2.45) is 0 Å². The number of aryl methyl sites for hydroxylation is 1. The Morgan fingerprint density at radius 3 is 2.00 bits per heavy atom. The third-order valence-electron chi connectivity index (χ3n) is 11.8. The van der Waals surface area contributed by atoms with Gasteiger partial charge in [-0.2, -0.15) is 0 Å². The quantitative estimate of drug-likeness (QED) is 0.115. The minimum atomic E-state index is -0.565. The van der Waals surface area contributed by atoms with E-state index in [0.717, 1.165) is 73.2 Å². The van der Waals surface area contributed by atoms with Crippen molar-refractivity contribution in [1.82, 2.24) is 14.5 Å². The van der Waals surface area contributed by atoms with Gasteiger partial charge in [0.2, 0.25) is 0 Å². The van der Waals surface area contributed by atoms with Crippen LogP contribution in [0.3, 0.4) is 0 Å². The first-order chi connectivity index (χ1) is 28.1. The van der Waals surface area contributed by atoms with Crippen LogP contribution in [0, 0.1) is 0 Å². The fourth-order valence-corrected chi connectivity index (χ4v) is 9.22. The molecule has 1 atom stereocenters. The van der Waals surface area contributed by atoms with E-state index in [4.69, 9.17) is 16.5 Å². The van der Waals surface area contributed by atoms with Crippen molar-refractivity contribution in [3.63, 3.8) is 0 Å². The SMILES string of the molecule is C=C(/C=C\C=C/C)C1(c2ccccc2)c2ccccc2-c2c1ccc1c(-c3ccc(-c4ccc(-c5nc6ccccc6n5CC)cc4)cc3)nc3ccccc3c21. The largest absolute Gasteiger partial charge is 0.324 e. The minimum Gasteiger partial charge on any atom is -0.324 e. The zero-order valence-electron chi connectivity index (χ0n) is 32.2. The second-order valence-corrected chi connectivity index (χ2v) is 14.8.